The quantitative estimate of drug-likeness (QED) is 0.824. The minimum atomic E-state index is -0.238. The van der Waals surface area contributed by atoms with Crippen LogP contribution in [-0.2, 0) is 11.2 Å². The largest absolute Gasteiger partial charge is 0.370 e. The maximum atomic E-state index is 11.1. The Bertz CT molecular complexity index is 361. The van der Waals surface area contributed by atoms with Gasteiger partial charge in [0.1, 0.15) is 0 Å². The molecular weight excluding hydrogens is 220 g/mol. The highest BCUT2D eigenvalue weighted by molar-refractivity contribution is 8.00. The van der Waals surface area contributed by atoms with Gasteiger partial charge in [-0.15, -0.1) is 11.8 Å². The first-order valence-electron chi connectivity index (χ1n) is 5.41. The standard InChI is InChI=1S/C12H16N2OS/c13-11(15)9-12(14-6-7-16-12)8-10-4-2-1-3-5-10/h1-5,14H,6-9H2,(H2,13,15). The van der Waals surface area contributed by atoms with E-state index in [1.54, 1.807) is 11.8 Å². The fraction of sp³-hybridized carbons (Fsp3) is 0.417. The van der Waals surface area contributed by atoms with Crippen LogP contribution in [0.5, 0.6) is 0 Å². The highest BCUT2D eigenvalue weighted by atomic mass is 32.2. The van der Waals surface area contributed by atoms with Crippen LogP contribution in [0, 0.1) is 0 Å². The fourth-order valence-electron chi connectivity index (χ4n) is 2.07. The van der Waals surface area contributed by atoms with Gasteiger partial charge < -0.3 is 11.1 Å². The van der Waals surface area contributed by atoms with E-state index in [0.29, 0.717) is 6.42 Å². The predicted molar refractivity (Wildman–Crippen MR) is 67.1 cm³/mol. The molecule has 16 heavy (non-hydrogen) atoms. The summed E-state index contributed by atoms with van der Waals surface area (Å²) in [5.41, 5.74) is 6.56. The molecule has 0 spiro atoms. The molecule has 0 aliphatic carbocycles. The van der Waals surface area contributed by atoms with Gasteiger partial charge in [-0.3, -0.25) is 4.79 Å². The lowest BCUT2D eigenvalue weighted by atomic mass is 10.0. The van der Waals surface area contributed by atoms with Crippen molar-refractivity contribution in [3.8, 4) is 0 Å². The van der Waals surface area contributed by atoms with E-state index in [2.05, 4.69) is 17.4 Å². The monoisotopic (exact) mass is 236 g/mol. The van der Waals surface area contributed by atoms with Crippen molar-refractivity contribution in [2.75, 3.05) is 12.3 Å². The van der Waals surface area contributed by atoms with Crippen LogP contribution in [0.15, 0.2) is 30.3 Å². The van der Waals surface area contributed by atoms with E-state index in [9.17, 15) is 4.79 Å². The summed E-state index contributed by atoms with van der Waals surface area (Å²) in [4.78, 5) is 10.9. The molecule has 2 rings (SSSR count). The van der Waals surface area contributed by atoms with Crippen molar-refractivity contribution < 1.29 is 4.79 Å². The Hall–Kier alpha value is -1.00. The topological polar surface area (TPSA) is 55.1 Å². The van der Waals surface area contributed by atoms with E-state index in [4.69, 9.17) is 5.73 Å². The van der Waals surface area contributed by atoms with Crippen molar-refractivity contribution in [3.05, 3.63) is 35.9 Å². The molecule has 1 aliphatic heterocycles. The third-order valence-electron chi connectivity index (χ3n) is 2.72. The number of amides is 1. The summed E-state index contributed by atoms with van der Waals surface area (Å²) >= 11 is 1.80. The molecule has 1 unspecified atom stereocenters. The van der Waals surface area contributed by atoms with E-state index in [1.807, 2.05) is 18.2 Å². The number of nitrogens with one attached hydrogen (secondary N) is 1. The highest BCUT2D eigenvalue weighted by Crippen LogP contribution is 2.33. The van der Waals surface area contributed by atoms with Gasteiger partial charge in [0.15, 0.2) is 0 Å². The Balaban J connectivity index is 2.11. The van der Waals surface area contributed by atoms with Crippen LogP contribution < -0.4 is 11.1 Å². The number of hydrogen-bond acceptors (Lipinski definition) is 3. The third-order valence-corrected chi connectivity index (χ3v) is 4.11. The van der Waals surface area contributed by atoms with Crippen molar-refractivity contribution >= 4 is 17.7 Å². The zero-order valence-corrected chi connectivity index (χ0v) is 9.93. The first-order chi connectivity index (χ1) is 7.70. The van der Waals surface area contributed by atoms with E-state index in [0.717, 1.165) is 18.7 Å². The van der Waals surface area contributed by atoms with Gasteiger partial charge in [0.05, 0.1) is 11.3 Å². The van der Waals surface area contributed by atoms with E-state index in [-0.39, 0.29) is 10.8 Å². The van der Waals surface area contributed by atoms with Gasteiger partial charge >= 0.3 is 0 Å². The second-order valence-electron chi connectivity index (χ2n) is 4.07. The van der Waals surface area contributed by atoms with Gasteiger partial charge in [0.25, 0.3) is 0 Å². The van der Waals surface area contributed by atoms with Gasteiger partial charge in [-0.05, 0) is 5.56 Å². The Kier molecular flexibility index (Phi) is 3.51. The van der Waals surface area contributed by atoms with E-state index >= 15 is 0 Å². The minimum absolute atomic E-state index is 0.187. The Morgan fingerprint density at radius 1 is 1.44 bits per heavy atom. The summed E-state index contributed by atoms with van der Waals surface area (Å²) in [6.45, 7) is 0.949. The lowest BCUT2D eigenvalue weighted by Crippen LogP contribution is -2.43. The molecule has 0 bridgehead atoms. The van der Waals surface area contributed by atoms with Gasteiger partial charge in [-0.1, -0.05) is 30.3 Å². The van der Waals surface area contributed by atoms with E-state index < -0.39 is 0 Å². The molecule has 1 aliphatic rings. The van der Waals surface area contributed by atoms with Gasteiger partial charge in [-0.25, -0.2) is 0 Å². The third kappa shape index (κ3) is 2.77. The lowest BCUT2D eigenvalue weighted by molar-refractivity contribution is -0.118. The number of nitrogens with two attached hydrogens (primary N) is 1. The van der Waals surface area contributed by atoms with Crippen LogP contribution in [0.25, 0.3) is 0 Å². The number of rotatable bonds is 4. The van der Waals surface area contributed by atoms with Crippen molar-refractivity contribution in [1.29, 1.82) is 0 Å². The maximum absolute atomic E-state index is 11.1. The number of carbonyl (C=O) groups is 1. The van der Waals surface area contributed by atoms with Gasteiger partial charge in [-0.2, -0.15) is 0 Å². The van der Waals surface area contributed by atoms with Crippen molar-refractivity contribution in [3.63, 3.8) is 0 Å². The zero-order chi connectivity index (χ0) is 11.4. The molecule has 1 fully saturated rings. The van der Waals surface area contributed by atoms with Crippen molar-refractivity contribution in [2.45, 2.75) is 17.7 Å². The van der Waals surface area contributed by atoms with E-state index in [1.165, 1.54) is 5.56 Å². The molecule has 86 valence electrons. The number of carbonyl (C=O) groups excluding carboxylic acids is 1. The summed E-state index contributed by atoms with van der Waals surface area (Å²) in [6, 6.07) is 10.2. The van der Waals surface area contributed by atoms with Gasteiger partial charge in [0.2, 0.25) is 5.91 Å². The molecule has 1 aromatic carbocycles. The van der Waals surface area contributed by atoms with Crippen LogP contribution >= 0.6 is 11.8 Å². The Labute approximate surface area is 99.8 Å². The number of primary amides is 1. The molecule has 0 saturated carbocycles. The summed E-state index contributed by atoms with van der Waals surface area (Å²) < 4.78 is 0. The molecule has 1 aromatic rings. The average molecular weight is 236 g/mol. The number of thioether (sulfide) groups is 1. The Morgan fingerprint density at radius 3 is 2.75 bits per heavy atom. The normalized spacial score (nSPS) is 24.5. The summed E-state index contributed by atoms with van der Waals surface area (Å²) in [6.07, 6.45) is 1.24. The molecule has 4 heteroatoms. The molecule has 3 nitrogen and oxygen atoms in total. The first-order valence-corrected chi connectivity index (χ1v) is 6.40. The molecule has 0 aromatic heterocycles. The molecular formula is C12H16N2OS. The number of hydrogen-bond donors (Lipinski definition) is 2. The van der Waals surface area contributed by atoms with Crippen LogP contribution in [0.4, 0.5) is 0 Å². The fourth-order valence-corrected chi connectivity index (χ4v) is 3.38. The molecule has 1 amide bonds. The maximum Gasteiger partial charge on any atom is 0.220 e. The second kappa shape index (κ2) is 4.89. The zero-order valence-electron chi connectivity index (χ0n) is 9.11. The number of benzene rings is 1. The van der Waals surface area contributed by atoms with Crippen LogP contribution in [0.2, 0.25) is 0 Å². The molecule has 1 atom stereocenters. The minimum Gasteiger partial charge on any atom is -0.370 e. The lowest BCUT2D eigenvalue weighted by Gasteiger charge is -2.27. The molecule has 3 N–H and O–H groups in total. The smallest absolute Gasteiger partial charge is 0.220 e. The SMILES string of the molecule is NC(=O)CC1(Cc2ccccc2)NCCS1. The summed E-state index contributed by atoms with van der Waals surface area (Å²) in [5, 5.41) is 3.41. The second-order valence-corrected chi connectivity index (χ2v) is 5.55. The van der Waals surface area contributed by atoms with Crippen LogP contribution in [0.1, 0.15) is 12.0 Å². The van der Waals surface area contributed by atoms with Crippen LogP contribution in [-0.4, -0.2) is 23.1 Å². The summed E-state index contributed by atoms with van der Waals surface area (Å²) in [5.74, 6) is 0.804. The summed E-state index contributed by atoms with van der Waals surface area (Å²) in [7, 11) is 0. The molecule has 1 saturated heterocycles. The average Bonchev–Trinajstić information content (AvgIpc) is 2.66. The van der Waals surface area contributed by atoms with Crippen molar-refractivity contribution in [2.24, 2.45) is 5.73 Å². The first kappa shape index (κ1) is 11.5. The molecule has 0 radical (unpaired) electrons. The predicted octanol–water partition coefficient (Wildman–Crippen LogP) is 1.14. The molecule has 1 heterocycles. The van der Waals surface area contributed by atoms with Crippen LogP contribution in [0.3, 0.4) is 0 Å². The highest BCUT2D eigenvalue weighted by Gasteiger charge is 2.35. The Morgan fingerprint density at radius 2 is 2.19 bits per heavy atom. The van der Waals surface area contributed by atoms with Gasteiger partial charge in [0, 0.05) is 18.7 Å². The van der Waals surface area contributed by atoms with Crippen molar-refractivity contribution in [1.82, 2.24) is 5.32 Å².